The minimum Gasteiger partial charge on any atom is -0.461 e. The summed E-state index contributed by atoms with van der Waals surface area (Å²) in [5.74, 6) is -2.49. The maximum atomic E-state index is 12.3. The van der Waals surface area contributed by atoms with Crippen molar-refractivity contribution in [2.45, 2.75) is 65.5 Å². The van der Waals surface area contributed by atoms with Gasteiger partial charge in [0.2, 0.25) is 0 Å². The van der Waals surface area contributed by atoms with Crippen LogP contribution >= 0.6 is 11.6 Å². The van der Waals surface area contributed by atoms with Gasteiger partial charge in [0.15, 0.2) is 6.10 Å². The Morgan fingerprint density at radius 2 is 1.74 bits per heavy atom. The van der Waals surface area contributed by atoms with E-state index in [4.69, 9.17) is 30.5 Å². The topological polar surface area (TPSA) is 108 Å². The van der Waals surface area contributed by atoms with Crippen molar-refractivity contribution in [3.05, 3.63) is 23.5 Å². The summed E-state index contributed by atoms with van der Waals surface area (Å²) in [4.78, 5) is 35.8. The molecule has 2 aliphatic rings. The van der Waals surface area contributed by atoms with Crippen molar-refractivity contribution in [2.75, 3.05) is 12.5 Å². The molecule has 4 atom stereocenters. The van der Waals surface area contributed by atoms with E-state index in [2.05, 4.69) is 0 Å². The highest BCUT2D eigenvalue weighted by atomic mass is 35.5. The highest BCUT2D eigenvalue weighted by Gasteiger charge is 2.58. The second-order valence-electron chi connectivity index (χ2n) is 8.75. The Bertz CT molecular complexity index is 757. The summed E-state index contributed by atoms with van der Waals surface area (Å²) in [5.41, 5.74) is -0.802. The Labute approximate surface area is 187 Å². The van der Waals surface area contributed by atoms with Crippen molar-refractivity contribution in [2.24, 2.45) is 17.8 Å². The molecule has 0 fully saturated rings. The van der Waals surface area contributed by atoms with Gasteiger partial charge in [-0.15, -0.1) is 11.6 Å². The van der Waals surface area contributed by atoms with Crippen LogP contribution in [0.3, 0.4) is 0 Å². The number of aliphatic hydroxyl groups is 1. The van der Waals surface area contributed by atoms with Crippen molar-refractivity contribution in [1.29, 1.82) is 0 Å². The number of hydrogen-bond donors (Lipinski definition) is 1. The molecule has 0 aromatic rings. The lowest BCUT2D eigenvalue weighted by molar-refractivity contribution is -0.203. The van der Waals surface area contributed by atoms with Crippen LogP contribution in [-0.4, -0.2) is 53.5 Å². The molecule has 0 saturated heterocycles. The van der Waals surface area contributed by atoms with E-state index in [9.17, 15) is 19.5 Å². The van der Waals surface area contributed by atoms with Gasteiger partial charge in [-0.3, -0.25) is 14.4 Å². The van der Waals surface area contributed by atoms with E-state index < -0.39 is 35.9 Å². The minimum atomic E-state index is -1.77. The van der Waals surface area contributed by atoms with E-state index in [1.807, 2.05) is 27.7 Å². The predicted molar refractivity (Wildman–Crippen MR) is 112 cm³/mol. The number of halogens is 1. The summed E-state index contributed by atoms with van der Waals surface area (Å²) in [6.07, 6.45) is 1.06. The summed E-state index contributed by atoms with van der Waals surface area (Å²) < 4.78 is 21.7. The molecule has 0 aromatic heterocycles. The summed E-state index contributed by atoms with van der Waals surface area (Å²) in [6, 6.07) is 0. The summed E-state index contributed by atoms with van der Waals surface area (Å²) in [7, 11) is 0. The van der Waals surface area contributed by atoms with E-state index in [1.54, 1.807) is 6.08 Å². The third kappa shape index (κ3) is 6.23. The van der Waals surface area contributed by atoms with Gasteiger partial charge in [0, 0.05) is 25.3 Å². The first kappa shape index (κ1) is 25.2. The van der Waals surface area contributed by atoms with Gasteiger partial charge in [0.05, 0.1) is 18.1 Å². The highest BCUT2D eigenvalue weighted by molar-refractivity contribution is 6.18. The van der Waals surface area contributed by atoms with E-state index in [0.717, 1.165) is 0 Å². The van der Waals surface area contributed by atoms with Gasteiger partial charge < -0.3 is 24.1 Å². The normalized spacial score (nSPS) is 27.2. The molecule has 2 rings (SSSR count). The number of carbonyl (C=O) groups excluding carboxylic acids is 3. The molecule has 31 heavy (non-hydrogen) atoms. The van der Waals surface area contributed by atoms with Crippen LogP contribution in [0.2, 0.25) is 0 Å². The molecule has 0 amide bonds. The molecule has 9 heteroatoms. The Morgan fingerprint density at radius 3 is 2.29 bits per heavy atom. The molecule has 0 radical (unpaired) electrons. The molecule has 0 unspecified atom stereocenters. The molecule has 174 valence electrons. The number of carbonyl (C=O) groups is 3. The average Bonchev–Trinajstić information content (AvgIpc) is 2.93. The van der Waals surface area contributed by atoms with Gasteiger partial charge in [-0.2, -0.15) is 0 Å². The van der Waals surface area contributed by atoms with Crippen molar-refractivity contribution >= 4 is 29.5 Å². The van der Waals surface area contributed by atoms with E-state index in [1.165, 1.54) is 13.2 Å². The number of hydrogen-bond acceptors (Lipinski definition) is 8. The largest absolute Gasteiger partial charge is 0.461 e. The fourth-order valence-corrected chi connectivity index (χ4v) is 3.91. The second-order valence-corrected chi connectivity index (χ2v) is 9.02. The van der Waals surface area contributed by atoms with E-state index in [0.29, 0.717) is 11.1 Å². The quantitative estimate of drug-likeness (QED) is 0.319. The Hall–Kier alpha value is -2.06. The molecule has 8 nitrogen and oxygen atoms in total. The Balaban J connectivity index is 2.31. The maximum absolute atomic E-state index is 12.3. The van der Waals surface area contributed by atoms with Gasteiger partial charge in [-0.25, -0.2) is 0 Å². The van der Waals surface area contributed by atoms with Crippen LogP contribution < -0.4 is 0 Å². The monoisotopic (exact) mass is 458 g/mol. The first-order valence-electron chi connectivity index (χ1n) is 10.3. The highest BCUT2D eigenvalue weighted by Crippen LogP contribution is 2.47. The second kappa shape index (κ2) is 10.5. The van der Waals surface area contributed by atoms with Gasteiger partial charge in [-0.1, -0.05) is 27.7 Å². The van der Waals surface area contributed by atoms with Gasteiger partial charge in [-0.05, 0) is 23.5 Å². The molecule has 1 heterocycles. The Kier molecular flexibility index (Phi) is 8.54. The van der Waals surface area contributed by atoms with Gasteiger partial charge >= 0.3 is 17.9 Å². The first-order valence-corrected chi connectivity index (χ1v) is 10.9. The SMILES string of the molecule is CC(=O)O[C@H]1C=C2C(COC(=O)CC(C)C)=CO[C@@H](OC(=O)CC(C)C)[C@@H]2[C@@]1(O)CCl. The lowest BCUT2D eigenvalue weighted by Crippen LogP contribution is -2.54. The number of esters is 3. The molecule has 1 aliphatic heterocycles. The maximum Gasteiger partial charge on any atom is 0.309 e. The van der Waals surface area contributed by atoms with Crippen LogP contribution in [0.25, 0.3) is 0 Å². The zero-order chi connectivity index (χ0) is 23.3. The number of ether oxygens (including phenoxy) is 4. The standard InChI is InChI=1S/C22H31ClO8/c1-12(2)6-18(25)28-9-15-10-29-21(31-19(26)7-13(3)4)20-16(15)8-17(30-14(5)24)22(20,27)11-23/h8,10,12-13,17,20-21,27H,6-7,9,11H2,1-5H3/t17-,20+,21-,22+/m0/s1. The zero-order valence-electron chi connectivity index (χ0n) is 18.6. The lowest BCUT2D eigenvalue weighted by Gasteiger charge is -2.39. The average molecular weight is 459 g/mol. The molecular formula is C22H31ClO8. The smallest absolute Gasteiger partial charge is 0.309 e. The summed E-state index contributed by atoms with van der Waals surface area (Å²) in [6.45, 7) is 8.67. The zero-order valence-corrected chi connectivity index (χ0v) is 19.3. The molecule has 0 aromatic carbocycles. The molecule has 0 spiro atoms. The number of alkyl halides is 1. The summed E-state index contributed by atoms with van der Waals surface area (Å²) >= 11 is 6.09. The fraction of sp³-hybridized carbons (Fsp3) is 0.682. The van der Waals surface area contributed by atoms with Crippen LogP contribution in [0.5, 0.6) is 0 Å². The van der Waals surface area contributed by atoms with Crippen LogP contribution in [0.1, 0.15) is 47.5 Å². The van der Waals surface area contributed by atoms with Gasteiger partial charge in [0.25, 0.3) is 6.29 Å². The number of rotatable bonds is 9. The Morgan fingerprint density at radius 1 is 1.13 bits per heavy atom. The predicted octanol–water partition coefficient (Wildman–Crippen LogP) is 2.86. The fourth-order valence-electron chi connectivity index (χ4n) is 3.59. The van der Waals surface area contributed by atoms with Crippen molar-refractivity contribution < 1.29 is 38.4 Å². The van der Waals surface area contributed by atoms with Crippen molar-refractivity contribution in [3.8, 4) is 0 Å². The number of fused-ring (bicyclic) bond motifs is 1. The van der Waals surface area contributed by atoms with Crippen molar-refractivity contribution in [3.63, 3.8) is 0 Å². The van der Waals surface area contributed by atoms with E-state index in [-0.39, 0.29) is 43.1 Å². The molecule has 0 saturated carbocycles. The van der Waals surface area contributed by atoms with Crippen molar-refractivity contribution in [1.82, 2.24) is 0 Å². The van der Waals surface area contributed by atoms with E-state index >= 15 is 0 Å². The lowest BCUT2D eigenvalue weighted by atomic mass is 9.82. The molecular weight excluding hydrogens is 428 g/mol. The molecule has 1 aliphatic carbocycles. The van der Waals surface area contributed by atoms with Crippen LogP contribution in [-0.2, 0) is 33.3 Å². The molecule has 0 bridgehead atoms. The third-order valence-electron chi connectivity index (χ3n) is 4.98. The van der Waals surface area contributed by atoms with Crippen LogP contribution in [0.15, 0.2) is 23.5 Å². The van der Waals surface area contributed by atoms with Crippen LogP contribution in [0, 0.1) is 17.8 Å². The van der Waals surface area contributed by atoms with Crippen LogP contribution in [0.4, 0.5) is 0 Å². The molecule has 1 N–H and O–H groups in total. The summed E-state index contributed by atoms with van der Waals surface area (Å²) in [5, 5.41) is 11.3. The first-order chi connectivity index (χ1) is 14.5. The minimum absolute atomic E-state index is 0.0712. The van der Waals surface area contributed by atoms with Gasteiger partial charge in [0.1, 0.15) is 12.2 Å². The third-order valence-corrected chi connectivity index (χ3v) is 5.41.